The molecular formula is C15H14ClN5O. The Bertz CT molecular complexity index is 826. The molecule has 3 heterocycles. The zero-order chi connectivity index (χ0) is 15.7. The molecule has 0 aliphatic heterocycles. The number of halogens is 1. The minimum absolute atomic E-state index is 0.211. The molecule has 0 saturated carbocycles. The van der Waals surface area contributed by atoms with Crippen LogP contribution in [0, 0.1) is 0 Å². The molecule has 0 aromatic carbocycles. The number of hydrogen-bond donors (Lipinski definition) is 1. The van der Waals surface area contributed by atoms with Crippen molar-refractivity contribution in [2.75, 3.05) is 5.32 Å². The van der Waals surface area contributed by atoms with E-state index in [4.69, 9.17) is 11.6 Å². The van der Waals surface area contributed by atoms with Crippen molar-refractivity contribution in [3.8, 4) is 0 Å². The Balaban J connectivity index is 1.86. The Morgan fingerprint density at radius 1 is 1.23 bits per heavy atom. The fourth-order valence-electron chi connectivity index (χ4n) is 2.08. The van der Waals surface area contributed by atoms with E-state index < -0.39 is 0 Å². The molecule has 3 aromatic rings. The van der Waals surface area contributed by atoms with E-state index in [2.05, 4.69) is 20.4 Å². The molecule has 1 amide bonds. The van der Waals surface area contributed by atoms with E-state index in [1.54, 1.807) is 24.4 Å². The van der Waals surface area contributed by atoms with Crippen LogP contribution in [0.3, 0.4) is 0 Å². The van der Waals surface area contributed by atoms with Crippen molar-refractivity contribution in [1.29, 1.82) is 0 Å². The quantitative estimate of drug-likeness (QED) is 0.804. The van der Waals surface area contributed by atoms with Crippen LogP contribution in [0.5, 0.6) is 0 Å². The Kier molecular flexibility index (Phi) is 3.77. The second-order valence-electron chi connectivity index (χ2n) is 5.14. The highest BCUT2D eigenvalue weighted by atomic mass is 35.5. The van der Waals surface area contributed by atoms with Crippen molar-refractivity contribution in [2.45, 2.75) is 19.9 Å². The highest BCUT2D eigenvalue weighted by Crippen LogP contribution is 2.17. The predicted octanol–water partition coefficient (Wildman–Crippen LogP) is 3.31. The first-order valence-corrected chi connectivity index (χ1v) is 7.18. The number of carbonyl (C=O) groups is 1. The summed E-state index contributed by atoms with van der Waals surface area (Å²) in [5.74, 6) is 0.161. The van der Waals surface area contributed by atoms with Crippen LogP contribution in [0.2, 0.25) is 5.02 Å². The molecular weight excluding hydrogens is 302 g/mol. The van der Waals surface area contributed by atoms with Crippen LogP contribution >= 0.6 is 11.6 Å². The second kappa shape index (κ2) is 5.73. The van der Waals surface area contributed by atoms with Gasteiger partial charge in [0.25, 0.3) is 5.91 Å². The minimum atomic E-state index is -0.276. The molecule has 7 heteroatoms. The van der Waals surface area contributed by atoms with Gasteiger partial charge in [0.15, 0.2) is 5.65 Å². The van der Waals surface area contributed by atoms with Crippen LogP contribution in [0.15, 0.2) is 36.8 Å². The van der Waals surface area contributed by atoms with Crippen LogP contribution in [0.25, 0.3) is 11.0 Å². The van der Waals surface area contributed by atoms with Crippen LogP contribution < -0.4 is 5.32 Å². The van der Waals surface area contributed by atoms with Gasteiger partial charge in [-0.3, -0.25) is 4.79 Å². The summed E-state index contributed by atoms with van der Waals surface area (Å²) in [6.45, 7) is 4.06. The molecule has 0 aliphatic rings. The van der Waals surface area contributed by atoms with E-state index in [9.17, 15) is 4.79 Å². The highest BCUT2D eigenvalue weighted by molar-refractivity contribution is 6.30. The maximum Gasteiger partial charge on any atom is 0.258 e. The summed E-state index contributed by atoms with van der Waals surface area (Å²) in [5, 5.41) is 8.33. The van der Waals surface area contributed by atoms with Gasteiger partial charge in [-0.25, -0.2) is 14.6 Å². The number of hydrogen-bond acceptors (Lipinski definition) is 4. The van der Waals surface area contributed by atoms with Crippen molar-refractivity contribution in [3.05, 3.63) is 47.4 Å². The third-order valence-electron chi connectivity index (χ3n) is 3.15. The monoisotopic (exact) mass is 315 g/mol. The van der Waals surface area contributed by atoms with Gasteiger partial charge in [0.1, 0.15) is 5.82 Å². The number of anilines is 1. The fourth-order valence-corrected chi connectivity index (χ4v) is 2.19. The standard InChI is InChI=1S/C15H14ClN5O/c1-9(2)21-14-10(7-19-21)5-11(6-18-14)15(22)20-13-4-3-12(16)8-17-13/h3-9H,1-2H3,(H,17,20,22). The number of pyridine rings is 2. The molecule has 0 radical (unpaired) electrons. The number of aromatic nitrogens is 4. The maximum atomic E-state index is 12.2. The molecule has 0 atom stereocenters. The fraction of sp³-hybridized carbons (Fsp3) is 0.200. The SMILES string of the molecule is CC(C)n1ncc2cc(C(=O)Nc3ccc(Cl)cn3)cnc21. The number of fused-ring (bicyclic) bond motifs is 1. The molecule has 112 valence electrons. The molecule has 0 fully saturated rings. The number of nitrogens with one attached hydrogen (secondary N) is 1. The van der Waals surface area contributed by atoms with E-state index >= 15 is 0 Å². The Hall–Kier alpha value is -2.47. The van der Waals surface area contributed by atoms with Crippen LogP contribution in [-0.2, 0) is 0 Å². The van der Waals surface area contributed by atoms with Crippen LogP contribution in [0.4, 0.5) is 5.82 Å². The van der Waals surface area contributed by atoms with Gasteiger partial charge >= 0.3 is 0 Å². The Morgan fingerprint density at radius 2 is 2.05 bits per heavy atom. The summed E-state index contributed by atoms with van der Waals surface area (Å²) in [6.07, 6.45) is 4.72. The second-order valence-corrected chi connectivity index (χ2v) is 5.57. The van der Waals surface area contributed by atoms with E-state index in [1.807, 2.05) is 18.5 Å². The number of carbonyl (C=O) groups excluding carboxylic acids is 1. The highest BCUT2D eigenvalue weighted by Gasteiger charge is 2.12. The zero-order valence-corrected chi connectivity index (χ0v) is 12.9. The summed E-state index contributed by atoms with van der Waals surface area (Å²) in [4.78, 5) is 20.6. The summed E-state index contributed by atoms with van der Waals surface area (Å²) in [5.41, 5.74) is 1.21. The third kappa shape index (κ3) is 2.78. The van der Waals surface area contributed by atoms with Crippen molar-refractivity contribution >= 4 is 34.4 Å². The zero-order valence-electron chi connectivity index (χ0n) is 12.1. The predicted molar refractivity (Wildman–Crippen MR) is 85.1 cm³/mol. The minimum Gasteiger partial charge on any atom is -0.307 e. The van der Waals surface area contributed by atoms with E-state index in [0.717, 1.165) is 11.0 Å². The lowest BCUT2D eigenvalue weighted by Gasteiger charge is -2.07. The molecule has 0 aliphatic carbocycles. The normalized spacial score (nSPS) is 11.1. The van der Waals surface area contributed by atoms with Gasteiger partial charge in [0.05, 0.1) is 16.8 Å². The molecule has 0 saturated heterocycles. The van der Waals surface area contributed by atoms with Crippen molar-refractivity contribution in [2.24, 2.45) is 0 Å². The summed E-state index contributed by atoms with van der Waals surface area (Å²) in [6, 6.07) is 5.28. The number of nitrogens with zero attached hydrogens (tertiary/aromatic N) is 4. The first kappa shape index (κ1) is 14.5. The lowest BCUT2D eigenvalue weighted by molar-refractivity contribution is 0.102. The molecule has 0 bridgehead atoms. The largest absolute Gasteiger partial charge is 0.307 e. The van der Waals surface area contributed by atoms with E-state index in [0.29, 0.717) is 16.4 Å². The van der Waals surface area contributed by atoms with Crippen molar-refractivity contribution in [1.82, 2.24) is 19.7 Å². The summed E-state index contributed by atoms with van der Waals surface area (Å²) < 4.78 is 1.82. The van der Waals surface area contributed by atoms with Crippen molar-refractivity contribution in [3.63, 3.8) is 0 Å². The summed E-state index contributed by atoms with van der Waals surface area (Å²) in [7, 11) is 0. The lowest BCUT2D eigenvalue weighted by Crippen LogP contribution is -2.13. The van der Waals surface area contributed by atoms with E-state index in [1.165, 1.54) is 12.4 Å². The van der Waals surface area contributed by atoms with Crippen LogP contribution in [-0.4, -0.2) is 25.7 Å². The molecule has 0 unspecified atom stereocenters. The molecule has 3 rings (SSSR count). The average molecular weight is 316 g/mol. The third-order valence-corrected chi connectivity index (χ3v) is 3.38. The lowest BCUT2D eigenvalue weighted by atomic mass is 10.2. The van der Waals surface area contributed by atoms with Gasteiger partial charge in [-0.2, -0.15) is 5.10 Å². The van der Waals surface area contributed by atoms with Gasteiger partial charge in [-0.1, -0.05) is 11.6 Å². The van der Waals surface area contributed by atoms with Gasteiger partial charge in [0, 0.05) is 23.8 Å². The van der Waals surface area contributed by atoms with Crippen molar-refractivity contribution < 1.29 is 4.79 Å². The Labute approximate surface area is 132 Å². The number of amides is 1. The first-order chi connectivity index (χ1) is 10.5. The van der Waals surface area contributed by atoms with E-state index in [-0.39, 0.29) is 11.9 Å². The van der Waals surface area contributed by atoms with Gasteiger partial charge in [-0.05, 0) is 32.0 Å². The number of rotatable bonds is 3. The smallest absolute Gasteiger partial charge is 0.258 e. The molecule has 22 heavy (non-hydrogen) atoms. The summed E-state index contributed by atoms with van der Waals surface area (Å²) >= 11 is 5.76. The molecule has 3 aromatic heterocycles. The van der Waals surface area contributed by atoms with Crippen LogP contribution in [0.1, 0.15) is 30.2 Å². The van der Waals surface area contributed by atoms with Gasteiger partial charge in [-0.15, -0.1) is 0 Å². The molecule has 1 N–H and O–H groups in total. The first-order valence-electron chi connectivity index (χ1n) is 6.81. The Morgan fingerprint density at radius 3 is 2.73 bits per heavy atom. The topological polar surface area (TPSA) is 72.7 Å². The van der Waals surface area contributed by atoms with Gasteiger partial charge < -0.3 is 5.32 Å². The molecule has 0 spiro atoms. The average Bonchev–Trinajstić information content (AvgIpc) is 2.92. The van der Waals surface area contributed by atoms with Gasteiger partial charge in [0.2, 0.25) is 0 Å². The maximum absolute atomic E-state index is 12.2. The molecule has 6 nitrogen and oxygen atoms in total.